The van der Waals surface area contributed by atoms with E-state index in [1.165, 1.54) is 0 Å². The van der Waals surface area contributed by atoms with Gasteiger partial charge in [-0.25, -0.2) is 4.79 Å². The fourth-order valence-corrected chi connectivity index (χ4v) is 2.20. The summed E-state index contributed by atoms with van der Waals surface area (Å²) in [5.41, 5.74) is 0.250. The molecule has 0 bridgehead atoms. The van der Waals surface area contributed by atoms with Gasteiger partial charge in [-0.2, -0.15) is 0 Å². The molecule has 2 heterocycles. The molecule has 0 atom stereocenters. The van der Waals surface area contributed by atoms with E-state index in [0.29, 0.717) is 21.6 Å². The monoisotopic (exact) mass is 287 g/mol. The van der Waals surface area contributed by atoms with Crippen molar-refractivity contribution >= 4 is 22.5 Å². The molecular formula is C14H10ClN3O2. The van der Waals surface area contributed by atoms with Crippen molar-refractivity contribution in [1.29, 1.82) is 0 Å². The Kier molecular flexibility index (Phi) is 3.12. The van der Waals surface area contributed by atoms with Crippen LogP contribution in [-0.4, -0.2) is 14.5 Å². The molecule has 1 aromatic carbocycles. The van der Waals surface area contributed by atoms with Crippen LogP contribution in [0.4, 0.5) is 0 Å². The number of fused-ring (bicyclic) bond motifs is 1. The molecule has 0 amide bonds. The average molecular weight is 288 g/mol. The maximum atomic E-state index is 12.3. The normalized spacial score (nSPS) is 10.8. The number of halogens is 1. The van der Waals surface area contributed by atoms with E-state index in [2.05, 4.69) is 9.97 Å². The van der Waals surface area contributed by atoms with Gasteiger partial charge in [0.1, 0.15) is 0 Å². The molecule has 0 radical (unpaired) electrons. The van der Waals surface area contributed by atoms with Crippen LogP contribution in [0.1, 0.15) is 5.69 Å². The Morgan fingerprint density at radius 1 is 1.20 bits per heavy atom. The third-order valence-electron chi connectivity index (χ3n) is 2.99. The minimum Gasteiger partial charge on any atom is -0.307 e. The van der Waals surface area contributed by atoms with Crippen molar-refractivity contribution in [2.75, 3.05) is 0 Å². The van der Waals surface area contributed by atoms with Crippen LogP contribution in [0.15, 0.2) is 52.2 Å². The van der Waals surface area contributed by atoms with E-state index in [0.717, 1.165) is 4.57 Å². The first kappa shape index (κ1) is 12.6. The largest absolute Gasteiger partial charge is 0.329 e. The van der Waals surface area contributed by atoms with Crippen LogP contribution in [0.5, 0.6) is 0 Å². The van der Waals surface area contributed by atoms with Gasteiger partial charge in [0.15, 0.2) is 0 Å². The molecular weight excluding hydrogens is 278 g/mol. The molecule has 2 aromatic heterocycles. The van der Waals surface area contributed by atoms with Crippen LogP contribution < -0.4 is 11.2 Å². The number of aromatic nitrogens is 3. The van der Waals surface area contributed by atoms with Gasteiger partial charge in [0.25, 0.3) is 5.56 Å². The van der Waals surface area contributed by atoms with Crippen molar-refractivity contribution in [3.8, 4) is 0 Å². The fraction of sp³-hybridized carbons (Fsp3) is 0.0714. The lowest BCUT2D eigenvalue weighted by Crippen LogP contribution is -2.35. The Labute approximate surface area is 118 Å². The van der Waals surface area contributed by atoms with Gasteiger partial charge in [0, 0.05) is 11.2 Å². The van der Waals surface area contributed by atoms with Gasteiger partial charge >= 0.3 is 5.69 Å². The van der Waals surface area contributed by atoms with Crippen molar-refractivity contribution in [3.05, 3.63) is 74.1 Å². The number of H-pyrrole nitrogens is 1. The summed E-state index contributed by atoms with van der Waals surface area (Å²) in [6.07, 6.45) is 1.62. The van der Waals surface area contributed by atoms with E-state index in [4.69, 9.17) is 11.6 Å². The number of hydrogen-bond donors (Lipinski definition) is 1. The molecule has 0 spiro atoms. The highest BCUT2D eigenvalue weighted by Crippen LogP contribution is 2.13. The summed E-state index contributed by atoms with van der Waals surface area (Å²) < 4.78 is 1.12. The lowest BCUT2D eigenvalue weighted by atomic mass is 10.2. The second-order valence-electron chi connectivity index (χ2n) is 4.33. The van der Waals surface area contributed by atoms with Crippen molar-refractivity contribution in [2.45, 2.75) is 6.54 Å². The van der Waals surface area contributed by atoms with Crippen molar-refractivity contribution in [2.24, 2.45) is 0 Å². The highest BCUT2D eigenvalue weighted by Gasteiger charge is 2.08. The molecule has 100 valence electrons. The quantitative estimate of drug-likeness (QED) is 0.781. The Hall–Kier alpha value is -2.40. The van der Waals surface area contributed by atoms with E-state index >= 15 is 0 Å². The van der Waals surface area contributed by atoms with Gasteiger partial charge in [0.2, 0.25) is 0 Å². The number of benzene rings is 1. The number of aromatic amines is 1. The predicted molar refractivity (Wildman–Crippen MR) is 77.2 cm³/mol. The lowest BCUT2D eigenvalue weighted by molar-refractivity contribution is 0.696. The fourth-order valence-electron chi connectivity index (χ4n) is 2.02. The second-order valence-corrected chi connectivity index (χ2v) is 4.77. The number of hydrogen-bond acceptors (Lipinski definition) is 3. The van der Waals surface area contributed by atoms with Crippen LogP contribution in [0, 0.1) is 0 Å². The Morgan fingerprint density at radius 3 is 2.80 bits per heavy atom. The van der Waals surface area contributed by atoms with Crippen LogP contribution >= 0.6 is 11.6 Å². The molecule has 0 fully saturated rings. The van der Waals surface area contributed by atoms with Gasteiger partial charge in [-0.3, -0.25) is 14.3 Å². The van der Waals surface area contributed by atoms with Crippen LogP contribution in [0.2, 0.25) is 5.02 Å². The zero-order valence-corrected chi connectivity index (χ0v) is 11.1. The highest BCUT2D eigenvalue weighted by molar-refractivity contribution is 6.31. The third kappa shape index (κ3) is 2.23. The summed E-state index contributed by atoms with van der Waals surface area (Å²) in [4.78, 5) is 31.1. The molecule has 0 saturated carbocycles. The zero-order valence-electron chi connectivity index (χ0n) is 10.3. The van der Waals surface area contributed by atoms with Crippen molar-refractivity contribution in [1.82, 2.24) is 14.5 Å². The summed E-state index contributed by atoms with van der Waals surface area (Å²) in [7, 11) is 0. The van der Waals surface area contributed by atoms with E-state index in [-0.39, 0.29) is 12.1 Å². The number of nitrogens with zero attached hydrogens (tertiary/aromatic N) is 2. The molecule has 0 saturated heterocycles. The molecule has 20 heavy (non-hydrogen) atoms. The molecule has 3 aromatic rings. The molecule has 0 unspecified atom stereocenters. The first-order chi connectivity index (χ1) is 9.65. The van der Waals surface area contributed by atoms with E-state index in [9.17, 15) is 9.59 Å². The summed E-state index contributed by atoms with van der Waals surface area (Å²) in [5, 5.41) is 0.889. The summed E-state index contributed by atoms with van der Waals surface area (Å²) in [6.45, 7) is 0.133. The van der Waals surface area contributed by atoms with E-state index < -0.39 is 5.69 Å². The smallest absolute Gasteiger partial charge is 0.307 e. The summed E-state index contributed by atoms with van der Waals surface area (Å²) in [5.74, 6) is 0. The first-order valence-electron chi connectivity index (χ1n) is 5.97. The van der Waals surface area contributed by atoms with E-state index in [1.54, 1.807) is 36.5 Å². The van der Waals surface area contributed by atoms with Gasteiger partial charge in [-0.1, -0.05) is 17.7 Å². The Bertz CT molecular complexity index is 884. The topological polar surface area (TPSA) is 67.8 Å². The van der Waals surface area contributed by atoms with Crippen LogP contribution in [-0.2, 0) is 6.54 Å². The SMILES string of the molecule is O=c1[nH]c2cc(Cl)ccc2c(=O)n1Cc1ccccn1. The lowest BCUT2D eigenvalue weighted by Gasteiger charge is -2.06. The molecule has 0 aliphatic heterocycles. The van der Waals surface area contributed by atoms with Crippen molar-refractivity contribution < 1.29 is 0 Å². The minimum atomic E-state index is -0.476. The molecule has 6 heteroatoms. The van der Waals surface area contributed by atoms with Gasteiger partial charge in [-0.15, -0.1) is 0 Å². The molecule has 1 N–H and O–H groups in total. The van der Waals surface area contributed by atoms with E-state index in [1.807, 2.05) is 6.07 Å². The summed E-state index contributed by atoms with van der Waals surface area (Å²) in [6, 6.07) is 10.1. The molecule has 0 aliphatic rings. The minimum absolute atomic E-state index is 0.133. The maximum absolute atomic E-state index is 12.3. The average Bonchev–Trinajstić information content (AvgIpc) is 2.44. The Morgan fingerprint density at radius 2 is 2.05 bits per heavy atom. The summed E-state index contributed by atoms with van der Waals surface area (Å²) >= 11 is 5.85. The number of pyridine rings is 1. The molecule has 5 nitrogen and oxygen atoms in total. The van der Waals surface area contributed by atoms with Crippen LogP contribution in [0.25, 0.3) is 10.9 Å². The standard InChI is InChI=1S/C14H10ClN3O2/c15-9-4-5-11-12(7-9)17-14(20)18(13(11)19)8-10-3-1-2-6-16-10/h1-7H,8H2,(H,17,20). The second kappa shape index (κ2) is 4.94. The van der Waals surface area contributed by atoms with Gasteiger partial charge < -0.3 is 4.98 Å². The predicted octanol–water partition coefficient (Wildman–Crippen LogP) is 1.79. The van der Waals surface area contributed by atoms with Gasteiger partial charge in [0.05, 0.1) is 23.1 Å². The third-order valence-corrected chi connectivity index (χ3v) is 3.23. The van der Waals surface area contributed by atoms with Crippen molar-refractivity contribution in [3.63, 3.8) is 0 Å². The number of nitrogens with one attached hydrogen (secondary N) is 1. The molecule has 3 rings (SSSR count). The number of rotatable bonds is 2. The zero-order chi connectivity index (χ0) is 14.1. The maximum Gasteiger partial charge on any atom is 0.329 e. The first-order valence-corrected chi connectivity index (χ1v) is 6.35. The molecule has 0 aliphatic carbocycles. The highest BCUT2D eigenvalue weighted by atomic mass is 35.5. The van der Waals surface area contributed by atoms with Gasteiger partial charge in [-0.05, 0) is 30.3 Å². The Balaban J connectivity index is 2.19. The van der Waals surface area contributed by atoms with Crippen LogP contribution in [0.3, 0.4) is 0 Å².